The van der Waals surface area contributed by atoms with Crippen LogP contribution in [0.25, 0.3) is 5.57 Å². The molecule has 0 radical (unpaired) electrons. The summed E-state index contributed by atoms with van der Waals surface area (Å²) in [7, 11) is 0. The number of rotatable bonds is 3. The van der Waals surface area contributed by atoms with Gasteiger partial charge >= 0.3 is 0 Å². The van der Waals surface area contributed by atoms with E-state index in [0.29, 0.717) is 0 Å². The number of benzene rings is 1. The fourth-order valence-electron chi connectivity index (χ4n) is 1.16. The molecule has 0 amide bonds. The van der Waals surface area contributed by atoms with Crippen molar-refractivity contribution in [1.29, 1.82) is 0 Å². The molecule has 1 aromatic rings. The Labute approximate surface area is 92.7 Å². The van der Waals surface area contributed by atoms with Gasteiger partial charge in [0, 0.05) is 10.4 Å². The summed E-state index contributed by atoms with van der Waals surface area (Å²) in [4.78, 5) is 0. The van der Waals surface area contributed by atoms with Crippen LogP contribution in [-0.4, -0.2) is 5.33 Å². The minimum atomic E-state index is 0.825. The van der Waals surface area contributed by atoms with Crippen LogP contribution in [0.3, 0.4) is 0 Å². The van der Waals surface area contributed by atoms with E-state index >= 15 is 0 Å². The zero-order chi connectivity index (χ0) is 9.68. The summed E-state index contributed by atoms with van der Waals surface area (Å²) in [6, 6.07) is 7.92. The van der Waals surface area contributed by atoms with Crippen LogP contribution in [0.2, 0.25) is 5.02 Å². The van der Waals surface area contributed by atoms with Gasteiger partial charge in [-0.1, -0.05) is 51.8 Å². The first-order valence-electron chi connectivity index (χ1n) is 4.23. The van der Waals surface area contributed by atoms with Gasteiger partial charge in [0.2, 0.25) is 0 Å². The van der Waals surface area contributed by atoms with Crippen LogP contribution in [0, 0.1) is 0 Å². The van der Waals surface area contributed by atoms with Gasteiger partial charge in [-0.3, -0.25) is 0 Å². The fraction of sp³-hybridized carbons (Fsp3) is 0.273. The van der Waals surface area contributed by atoms with E-state index in [-0.39, 0.29) is 0 Å². The molecule has 0 nitrogen and oxygen atoms in total. The molecule has 0 N–H and O–H groups in total. The smallest absolute Gasteiger partial charge is 0.0480 e. The second-order valence-corrected chi connectivity index (χ2v) is 4.04. The molecule has 0 aromatic heterocycles. The highest BCUT2D eigenvalue weighted by atomic mass is 79.9. The number of hydrogen-bond donors (Lipinski definition) is 0. The maximum atomic E-state index is 6.05. The standard InChI is InChI=1S/C11H12BrCl/c1-9(5-4-8-12)10-6-2-3-7-11(10)13/h2-3,5-7H,4,8H2,1H3. The van der Waals surface area contributed by atoms with Gasteiger partial charge in [-0.05, 0) is 30.5 Å². The van der Waals surface area contributed by atoms with Crippen molar-refractivity contribution in [3.8, 4) is 0 Å². The second-order valence-electron chi connectivity index (χ2n) is 2.84. The van der Waals surface area contributed by atoms with Crippen molar-refractivity contribution in [3.05, 3.63) is 40.9 Å². The molecule has 0 bridgehead atoms. The highest BCUT2D eigenvalue weighted by molar-refractivity contribution is 9.09. The fourth-order valence-corrected chi connectivity index (χ4v) is 1.68. The summed E-state index contributed by atoms with van der Waals surface area (Å²) in [6.45, 7) is 2.09. The van der Waals surface area contributed by atoms with Gasteiger partial charge in [-0.2, -0.15) is 0 Å². The molecule has 0 atom stereocenters. The lowest BCUT2D eigenvalue weighted by Crippen LogP contribution is -1.81. The molecule has 0 aliphatic rings. The average Bonchev–Trinajstić information content (AvgIpc) is 2.15. The van der Waals surface area contributed by atoms with Gasteiger partial charge in [-0.25, -0.2) is 0 Å². The molecule has 0 heterocycles. The largest absolute Gasteiger partial charge is 0.0925 e. The van der Waals surface area contributed by atoms with Gasteiger partial charge in [0.15, 0.2) is 0 Å². The van der Waals surface area contributed by atoms with Crippen LogP contribution in [0.4, 0.5) is 0 Å². The number of halogens is 2. The Morgan fingerprint density at radius 3 is 2.77 bits per heavy atom. The van der Waals surface area contributed by atoms with Crippen molar-refractivity contribution >= 4 is 33.1 Å². The SMILES string of the molecule is CC(=CCCBr)c1ccccc1Cl. The van der Waals surface area contributed by atoms with Crippen LogP contribution in [-0.2, 0) is 0 Å². The molecule has 0 unspecified atom stereocenters. The highest BCUT2D eigenvalue weighted by Gasteiger charge is 1.99. The Bertz CT molecular complexity index is 305. The summed E-state index contributed by atoms with van der Waals surface area (Å²) in [6.07, 6.45) is 3.23. The lowest BCUT2D eigenvalue weighted by atomic mass is 10.1. The van der Waals surface area contributed by atoms with E-state index < -0.39 is 0 Å². The number of alkyl halides is 1. The molecule has 0 fully saturated rings. The number of allylic oxidation sites excluding steroid dienone is 2. The van der Waals surface area contributed by atoms with E-state index in [2.05, 4.69) is 28.9 Å². The van der Waals surface area contributed by atoms with E-state index in [1.165, 1.54) is 5.57 Å². The molecule has 0 spiro atoms. The molecule has 13 heavy (non-hydrogen) atoms. The van der Waals surface area contributed by atoms with Crippen molar-refractivity contribution < 1.29 is 0 Å². The summed E-state index contributed by atoms with van der Waals surface area (Å²) < 4.78 is 0. The summed E-state index contributed by atoms with van der Waals surface area (Å²) in [5, 5.41) is 1.82. The lowest BCUT2D eigenvalue weighted by molar-refractivity contribution is 1.26. The normalized spacial score (nSPS) is 11.8. The third-order valence-electron chi connectivity index (χ3n) is 1.86. The van der Waals surface area contributed by atoms with Gasteiger partial charge in [-0.15, -0.1) is 0 Å². The van der Waals surface area contributed by atoms with Crippen LogP contribution in [0.5, 0.6) is 0 Å². The number of hydrogen-bond acceptors (Lipinski definition) is 0. The third kappa shape index (κ3) is 3.17. The minimum Gasteiger partial charge on any atom is -0.0925 e. The van der Waals surface area contributed by atoms with E-state index in [1.54, 1.807) is 0 Å². The molecule has 1 rings (SSSR count). The maximum Gasteiger partial charge on any atom is 0.0480 e. The average molecular weight is 260 g/mol. The predicted octanol–water partition coefficient (Wildman–Crippen LogP) is 4.53. The summed E-state index contributed by atoms with van der Waals surface area (Å²) in [5.74, 6) is 0. The van der Waals surface area contributed by atoms with Crippen LogP contribution < -0.4 is 0 Å². The van der Waals surface area contributed by atoms with Crippen molar-refractivity contribution in [2.24, 2.45) is 0 Å². The van der Waals surface area contributed by atoms with Crippen molar-refractivity contribution in [2.45, 2.75) is 13.3 Å². The van der Waals surface area contributed by atoms with E-state index in [0.717, 1.165) is 22.3 Å². The zero-order valence-corrected chi connectivity index (χ0v) is 9.90. The van der Waals surface area contributed by atoms with Crippen molar-refractivity contribution in [2.75, 3.05) is 5.33 Å². The zero-order valence-electron chi connectivity index (χ0n) is 7.56. The highest BCUT2D eigenvalue weighted by Crippen LogP contribution is 2.23. The second kappa shape index (κ2) is 5.46. The van der Waals surface area contributed by atoms with Crippen molar-refractivity contribution in [1.82, 2.24) is 0 Å². The Kier molecular flexibility index (Phi) is 4.54. The van der Waals surface area contributed by atoms with Gasteiger partial charge in [0.05, 0.1) is 0 Å². The molecule has 0 aliphatic heterocycles. The topological polar surface area (TPSA) is 0 Å². The van der Waals surface area contributed by atoms with Crippen LogP contribution in [0.1, 0.15) is 18.9 Å². The first-order valence-corrected chi connectivity index (χ1v) is 5.73. The quantitative estimate of drug-likeness (QED) is 0.700. The van der Waals surface area contributed by atoms with Gasteiger partial charge in [0.1, 0.15) is 0 Å². The maximum absolute atomic E-state index is 6.05. The molecular formula is C11H12BrCl. The van der Waals surface area contributed by atoms with E-state index in [9.17, 15) is 0 Å². The molecule has 2 heteroatoms. The molecule has 0 saturated heterocycles. The summed E-state index contributed by atoms with van der Waals surface area (Å²) in [5.41, 5.74) is 2.37. The molecule has 70 valence electrons. The van der Waals surface area contributed by atoms with Gasteiger partial charge < -0.3 is 0 Å². The van der Waals surface area contributed by atoms with Crippen LogP contribution in [0.15, 0.2) is 30.3 Å². The van der Waals surface area contributed by atoms with Crippen molar-refractivity contribution in [3.63, 3.8) is 0 Å². The monoisotopic (exact) mass is 258 g/mol. The first kappa shape index (κ1) is 10.8. The predicted molar refractivity (Wildman–Crippen MR) is 63.5 cm³/mol. The Hall–Kier alpha value is -0.270. The Balaban J connectivity index is 2.88. The minimum absolute atomic E-state index is 0.825. The van der Waals surface area contributed by atoms with E-state index in [1.807, 2.05) is 24.3 Å². The lowest BCUT2D eigenvalue weighted by Gasteiger charge is -2.03. The Morgan fingerprint density at radius 2 is 2.15 bits per heavy atom. The van der Waals surface area contributed by atoms with E-state index in [4.69, 9.17) is 11.6 Å². The van der Waals surface area contributed by atoms with Gasteiger partial charge in [0.25, 0.3) is 0 Å². The molecule has 0 saturated carbocycles. The first-order chi connectivity index (χ1) is 6.25. The summed E-state index contributed by atoms with van der Waals surface area (Å²) >= 11 is 9.44. The third-order valence-corrected chi connectivity index (χ3v) is 2.65. The molecule has 0 aliphatic carbocycles. The van der Waals surface area contributed by atoms with Crippen LogP contribution >= 0.6 is 27.5 Å². The molecule has 1 aromatic carbocycles. The Morgan fingerprint density at radius 1 is 1.46 bits per heavy atom. The molecular weight excluding hydrogens is 247 g/mol.